The van der Waals surface area contributed by atoms with Crippen molar-refractivity contribution in [2.45, 2.75) is 53.1 Å². The number of hydrogen-bond acceptors (Lipinski definition) is 4. The Morgan fingerprint density at radius 1 is 1.40 bits per heavy atom. The number of aryl methyl sites for hydroxylation is 1. The maximum atomic E-state index is 9.12. The molecule has 0 aliphatic rings. The fourth-order valence-corrected chi connectivity index (χ4v) is 1.27. The predicted octanol–water partition coefficient (Wildman–Crippen LogP) is 1.97. The van der Waals surface area contributed by atoms with Crippen LogP contribution >= 0.6 is 0 Å². The Labute approximate surface area is 90.7 Å². The molecule has 1 heterocycles. The Hall–Kier alpha value is -0.900. The van der Waals surface area contributed by atoms with Gasteiger partial charge in [0.05, 0.1) is 6.10 Å². The molecule has 0 aliphatic carbocycles. The molecule has 1 rings (SSSR count). The van der Waals surface area contributed by atoms with Crippen molar-refractivity contribution in [2.24, 2.45) is 5.41 Å². The van der Waals surface area contributed by atoms with Gasteiger partial charge in [-0.25, -0.2) is 0 Å². The van der Waals surface area contributed by atoms with Crippen LogP contribution < -0.4 is 0 Å². The minimum Gasteiger partial charge on any atom is -0.393 e. The van der Waals surface area contributed by atoms with Crippen molar-refractivity contribution < 1.29 is 9.63 Å². The summed E-state index contributed by atoms with van der Waals surface area (Å²) >= 11 is 0. The van der Waals surface area contributed by atoms with Crippen LogP contribution in [0.15, 0.2) is 4.52 Å². The molecule has 1 N–H and O–H groups in total. The summed E-state index contributed by atoms with van der Waals surface area (Å²) in [7, 11) is 0. The van der Waals surface area contributed by atoms with Crippen molar-refractivity contribution in [1.29, 1.82) is 0 Å². The number of aromatic nitrogens is 2. The van der Waals surface area contributed by atoms with E-state index in [1.165, 1.54) is 0 Å². The van der Waals surface area contributed by atoms with Gasteiger partial charge in [-0.2, -0.15) is 4.98 Å². The number of aliphatic hydroxyl groups excluding tert-OH is 1. The average Bonchev–Trinajstić information content (AvgIpc) is 2.45. The fourth-order valence-electron chi connectivity index (χ4n) is 1.27. The first kappa shape index (κ1) is 12.2. The summed E-state index contributed by atoms with van der Waals surface area (Å²) in [6.45, 7) is 8.17. The van der Waals surface area contributed by atoms with Gasteiger partial charge in [-0.3, -0.25) is 0 Å². The van der Waals surface area contributed by atoms with Crippen LogP contribution in [0.3, 0.4) is 0 Å². The normalized spacial score (nSPS) is 14.2. The van der Waals surface area contributed by atoms with E-state index in [-0.39, 0.29) is 11.5 Å². The molecule has 0 fully saturated rings. The van der Waals surface area contributed by atoms with Gasteiger partial charge in [-0.15, -0.1) is 0 Å². The van der Waals surface area contributed by atoms with E-state index in [0.717, 1.165) is 12.2 Å². The zero-order valence-corrected chi connectivity index (χ0v) is 9.95. The van der Waals surface area contributed by atoms with E-state index in [2.05, 4.69) is 30.9 Å². The Morgan fingerprint density at radius 2 is 2.07 bits per heavy atom. The van der Waals surface area contributed by atoms with E-state index in [0.29, 0.717) is 18.7 Å². The molecule has 0 amide bonds. The van der Waals surface area contributed by atoms with E-state index in [1.807, 2.05) is 0 Å². The van der Waals surface area contributed by atoms with Gasteiger partial charge in [0.1, 0.15) is 0 Å². The molecule has 4 nitrogen and oxygen atoms in total. The molecule has 86 valence electrons. The molecule has 15 heavy (non-hydrogen) atoms. The molecule has 0 aromatic carbocycles. The minimum atomic E-state index is -0.317. The monoisotopic (exact) mass is 212 g/mol. The average molecular weight is 212 g/mol. The number of nitrogens with zero attached hydrogens (tertiary/aromatic N) is 2. The molecule has 0 saturated heterocycles. The summed E-state index contributed by atoms with van der Waals surface area (Å²) < 4.78 is 5.09. The molecule has 0 aliphatic heterocycles. The Bertz CT molecular complexity index is 300. The van der Waals surface area contributed by atoms with Crippen LogP contribution in [0.1, 0.15) is 45.8 Å². The summed E-state index contributed by atoms with van der Waals surface area (Å²) in [6.07, 6.45) is 1.81. The first-order valence-electron chi connectivity index (χ1n) is 5.36. The molecule has 0 spiro atoms. The van der Waals surface area contributed by atoms with Gasteiger partial charge >= 0.3 is 0 Å². The Balaban J connectivity index is 2.49. The number of aliphatic hydroxyl groups is 1. The fraction of sp³-hybridized carbons (Fsp3) is 0.818. The van der Waals surface area contributed by atoms with Crippen molar-refractivity contribution >= 4 is 0 Å². The van der Waals surface area contributed by atoms with E-state index < -0.39 is 0 Å². The zero-order chi connectivity index (χ0) is 11.5. The van der Waals surface area contributed by atoms with Gasteiger partial charge < -0.3 is 9.63 Å². The molecule has 0 saturated carbocycles. The summed E-state index contributed by atoms with van der Waals surface area (Å²) in [5.74, 6) is 1.37. The van der Waals surface area contributed by atoms with Crippen molar-refractivity contribution in [2.75, 3.05) is 0 Å². The molecule has 0 radical (unpaired) electrons. The highest BCUT2D eigenvalue weighted by atomic mass is 16.5. The predicted molar refractivity (Wildman–Crippen MR) is 57.5 cm³/mol. The SMILES string of the molecule is CC(O)CCc1nc(CC(C)(C)C)no1. The zero-order valence-electron chi connectivity index (χ0n) is 9.95. The quantitative estimate of drug-likeness (QED) is 0.829. The third-order valence-electron chi connectivity index (χ3n) is 1.97. The van der Waals surface area contributed by atoms with Gasteiger partial charge in [0, 0.05) is 12.8 Å². The molecule has 1 unspecified atom stereocenters. The summed E-state index contributed by atoms with van der Waals surface area (Å²) in [5, 5.41) is 13.0. The van der Waals surface area contributed by atoms with Crippen molar-refractivity contribution in [3.05, 3.63) is 11.7 Å². The molecule has 0 bridgehead atoms. The summed E-state index contributed by atoms with van der Waals surface area (Å²) in [5.41, 5.74) is 0.172. The van der Waals surface area contributed by atoms with Crippen LogP contribution in [0.25, 0.3) is 0 Å². The lowest BCUT2D eigenvalue weighted by molar-refractivity contribution is 0.180. The minimum absolute atomic E-state index is 0.172. The second-order valence-corrected chi connectivity index (χ2v) is 5.23. The van der Waals surface area contributed by atoms with Gasteiger partial charge in [-0.05, 0) is 18.8 Å². The highest BCUT2D eigenvalue weighted by Gasteiger charge is 2.16. The lowest BCUT2D eigenvalue weighted by atomic mass is 9.92. The lowest BCUT2D eigenvalue weighted by Gasteiger charge is -2.14. The van der Waals surface area contributed by atoms with Crippen LogP contribution in [-0.4, -0.2) is 21.4 Å². The Kier molecular flexibility index (Phi) is 3.85. The molecular formula is C11H20N2O2. The summed E-state index contributed by atoms with van der Waals surface area (Å²) in [6, 6.07) is 0. The van der Waals surface area contributed by atoms with Crippen molar-refractivity contribution in [1.82, 2.24) is 10.1 Å². The van der Waals surface area contributed by atoms with Crippen molar-refractivity contribution in [3.8, 4) is 0 Å². The molecule has 1 aromatic heterocycles. The topological polar surface area (TPSA) is 59.2 Å². The smallest absolute Gasteiger partial charge is 0.226 e. The Morgan fingerprint density at radius 3 is 2.60 bits per heavy atom. The standard InChI is InChI=1S/C11H20N2O2/c1-8(14)5-6-10-12-9(13-15-10)7-11(2,3)4/h8,14H,5-7H2,1-4H3. The van der Waals surface area contributed by atoms with Crippen LogP contribution in [0.2, 0.25) is 0 Å². The van der Waals surface area contributed by atoms with E-state index >= 15 is 0 Å². The van der Waals surface area contributed by atoms with E-state index in [4.69, 9.17) is 9.63 Å². The highest BCUT2D eigenvalue weighted by molar-refractivity contribution is 4.90. The number of rotatable bonds is 4. The van der Waals surface area contributed by atoms with Crippen molar-refractivity contribution in [3.63, 3.8) is 0 Å². The van der Waals surface area contributed by atoms with E-state index in [9.17, 15) is 0 Å². The second-order valence-electron chi connectivity index (χ2n) is 5.23. The van der Waals surface area contributed by atoms with Crippen LogP contribution in [0.5, 0.6) is 0 Å². The van der Waals surface area contributed by atoms with E-state index in [1.54, 1.807) is 6.92 Å². The van der Waals surface area contributed by atoms with Crippen LogP contribution in [0.4, 0.5) is 0 Å². The highest BCUT2D eigenvalue weighted by Crippen LogP contribution is 2.18. The van der Waals surface area contributed by atoms with Gasteiger partial charge in [-0.1, -0.05) is 25.9 Å². The second kappa shape index (κ2) is 4.75. The third-order valence-corrected chi connectivity index (χ3v) is 1.97. The molecular weight excluding hydrogens is 192 g/mol. The largest absolute Gasteiger partial charge is 0.393 e. The summed E-state index contributed by atoms with van der Waals surface area (Å²) in [4.78, 5) is 4.28. The first-order chi connectivity index (χ1) is 6.87. The number of hydrogen-bond donors (Lipinski definition) is 1. The van der Waals surface area contributed by atoms with Gasteiger partial charge in [0.25, 0.3) is 0 Å². The lowest BCUT2D eigenvalue weighted by Crippen LogP contribution is -2.10. The van der Waals surface area contributed by atoms with Crippen LogP contribution in [0, 0.1) is 5.41 Å². The van der Waals surface area contributed by atoms with Gasteiger partial charge in [0.15, 0.2) is 5.82 Å². The first-order valence-corrected chi connectivity index (χ1v) is 5.36. The maximum Gasteiger partial charge on any atom is 0.226 e. The van der Waals surface area contributed by atoms with Gasteiger partial charge in [0.2, 0.25) is 5.89 Å². The molecule has 1 atom stereocenters. The third kappa shape index (κ3) is 4.93. The van der Waals surface area contributed by atoms with Crippen LogP contribution in [-0.2, 0) is 12.8 Å². The molecule has 1 aromatic rings. The maximum absolute atomic E-state index is 9.12. The molecule has 4 heteroatoms.